The molecule has 45 heavy (non-hydrogen) atoms. The molecule has 9 N–H and O–H groups in total. The van der Waals surface area contributed by atoms with Gasteiger partial charge in [-0.2, -0.15) is 8.78 Å². The van der Waals surface area contributed by atoms with Crippen molar-refractivity contribution in [3.8, 4) is 0 Å². The smallest absolute Gasteiger partial charge is 0.394 e. The normalized spacial score (nSPS) is 31.6. The summed E-state index contributed by atoms with van der Waals surface area (Å²) < 4.78 is 91.0. The Morgan fingerprint density at radius 1 is 1.13 bits per heavy atom. The molecule has 19 nitrogen and oxygen atoms in total. The van der Waals surface area contributed by atoms with E-state index in [1.807, 2.05) is 0 Å². The number of halogens is 3. The minimum absolute atomic E-state index is 0.0219. The number of nitrogen functional groups attached to an aromatic ring is 1. The lowest BCUT2D eigenvalue weighted by molar-refractivity contribution is -0.0468. The number of ether oxygens (including phenoxy) is 2. The van der Waals surface area contributed by atoms with Crippen LogP contribution in [0.4, 0.5) is 19.0 Å². The van der Waals surface area contributed by atoms with E-state index in [1.54, 1.807) is 0 Å². The van der Waals surface area contributed by atoms with Crippen LogP contribution in [0.2, 0.25) is 0 Å². The third-order valence-electron chi connectivity index (χ3n) is 6.85. The van der Waals surface area contributed by atoms with Crippen molar-refractivity contribution in [1.29, 1.82) is 0 Å². The highest BCUT2D eigenvalue weighted by atomic mass is 32.1. The second-order valence-electron chi connectivity index (χ2n) is 9.70. The Kier molecular flexibility index (Phi) is 9.12. The van der Waals surface area contributed by atoms with Gasteiger partial charge in [0.2, 0.25) is 0 Å². The van der Waals surface area contributed by atoms with Gasteiger partial charge in [-0.3, -0.25) is 23.0 Å². The first-order valence-electron chi connectivity index (χ1n) is 12.5. The number of rotatable bonds is 11. The Morgan fingerprint density at radius 3 is 2.49 bits per heavy atom. The van der Waals surface area contributed by atoms with E-state index in [9.17, 15) is 43.4 Å². The van der Waals surface area contributed by atoms with Crippen LogP contribution >= 0.6 is 26.5 Å². The molecule has 2 fully saturated rings. The van der Waals surface area contributed by atoms with Crippen LogP contribution < -0.4 is 11.5 Å². The second-order valence-corrected chi connectivity index (χ2v) is 14.6. The Bertz CT molecular complexity index is 1680. The number of aliphatic hydroxyl groups is 3. The summed E-state index contributed by atoms with van der Waals surface area (Å²) in [5.41, 5.74) is 10.6. The van der Waals surface area contributed by atoms with Gasteiger partial charge in [0.1, 0.15) is 59.2 Å². The molecule has 0 bridgehead atoms. The SMILES string of the molecule is NC(=O)c1csc([C@@H]2O[C@H](CO)[C@@H](OP(=O)(O)C(F)(F)P(=O)(O)OC[C@H]3O[C@@H](n4cnc5c(N)ncnc54)[C@@H](F)[C@@H]3O)[C@H]2O)n1. The Labute approximate surface area is 252 Å². The summed E-state index contributed by atoms with van der Waals surface area (Å²) in [5.74, 6) is -1.01. The first-order valence-corrected chi connectivity index (χ1v) is 16.5. The maximum atomic E-state index is 15.1. The van der Waals surface area contributed by atoms with Crippen LogP contribution in [-0.4, -0.2) is 111 Å². The minimum atomic E-state index is -6.58. The number of amides is 1. The quantitative estimate of drug-likeness (QED) is 0.122. The molecule has 3 aromatic rings. The van der Waals surface area contributed by atoms with E-state index in [1.165, 1.54) is 5.38 Å². The average Bonchev–Trinajstić information content (AvgIpc) is 3.75. The number of imidazole rings is 1. The van der Waals surface area contributed by atoms with Crippen molar-refractivity contribution in [2.75, 3.05) is 18.9 Å². The number of thiazole rings is 1. The van der Waals surface area contributed by atoms with Crippen LogP contribution in [0.1, 0.15) is 27.8 Å². The van der Waals surface area contributed by atoms with Crippen LogP contribution in [0, 0.1) is 0 Å². The van der Waals surface area contributed by atoms with E-state index in [-0.39, 0.29) is 27.7 Å². The number of primary amides is 1. The Morgan fingerprint density at radius 2 is 1.84 bits per heavy atom. The topological polar surface area (TPSA) is 298 Å². The van der Waals surface area contributed by atoms with Gasteiger partial charge < -0.3 is 50.6 Å². The Balaban J connectivity index is 1.28. The molecule has 2 aliphatic rings. The molecule has 0 aromatic carbocycles. The van der Waals surface area contributed by atoms with E-state index in [0.717, 1.165) is 28.6 Å². The number of hydrogen-bond donors (Lipinski definition) is 7. The first kappa shape index (κ1) is 33.7. The molecular weight excluding hydrogens is 681 g/mol. The summed E-state index contributed by atoms with van der Waals surface area (Å²) in [6.45, 7) is -2.42. The van der Waals surface area contributed by atoms with Crippen LogP contribution in [0.3, 0.4) is 0 Å². The minimum Gasteiger partial charge on any atom is -0.394 e. The number of hydrogen-bond acceptors (Lipinski definition) is 16. The van der Waals surface area contributed by atoms with Crippen molar-refractivity contribution in [2.45, 2.75) is 54.4 Å². The lowest BCUT2D eigenvalue weighted by atomic mass is 10.1. The zero-order valence-electron chi connectivity index (χ0n) is 22.2. The standard InChI is InChI=1S/C20H24F3N7O12P2S/c21-9-11(32)8(41-19(9)30-5-28-10-15(24)26-4-27-17(10)30)2-39-43(35,36)20(22,23)44(37,38)42-13-7(1-31)40-14(12(13)33)18-29-6(3-45-18)16(25)34/h3-5,7-9,11-14,19,31-33H,1-2H2,(H2,25,34)(H,35,36)(H,37,38)(H2,24,26,27)/t7-,8-,9+,11-,12-,13-,14-,19-/m1/s1. The van der Waals surface area contributed by atoms with Gasteiger partial charge in [0, 0.05) is 5.38 Å². The first-order chi connectivity index (χ1) is 21.0. The van der Waals surface area contributed by atoms with E-state index in [0.29, 0.717) is 0 Å². The number of carbonyl (C=O) groups is 1. The highest BCUT2D eigenvalue weighted by molar-refractivity contribution is 7.72. The zero-order valence-corrected chi connectivity index (χ0v) is 24.8. The van der Waals surface area contributed by atoms with E-state index in [4.69, 9.17) is 20.9 Å². The largest absolute Gasteiger partial charge is 0.444 e. The molecule has 0 radical (unpaired) electrons. The highest BCUT2D eigenvalue weighted by Gasteiger charge is 2.68. The molecule has 248 valence electrons. The number of fused-ring (bicyclic) bond motifs is 1. The number of carbonyl (C=O) groups excluding carboxylic acids is 1. The monoisotopic (exact) mass is 705 g/mol. The molecule has 0 spiro atoms. The van der Waals surface area contributed by atoms with Gasteiger partial charge in [0.25, 0.3) is 5.91 Å². The lowest BCUT2D eigenvalue weighted by Gasteiger charge is -2.29. The van der Waals surface area contributed by atoms with Gasteiger partial charge in [-0.05, 0) is 0 Å². The third-order valence-corrected chi connectivity index (χ3v) is 11.7. The molecule has 5 rings (SSSR count). The van der Waals surface area contributed by atoms with Crippen molar-refractivity contribution >= 4 is 49.4 Å². The van der Waals surface area contributed by atoms with Gasteiger partial charge in [0.15, 0.2) is 23.9 Å². The summed E-state index contributed by atoms with van der Waals surface area (Å²) >= 11 is 0.746. The van der Waals surface area contributed by atoms with Gasteiger partial charge in [0.05, 0.1) is 19.5 Å². The molecule has 25 heteroatoms. The molecular formula is C20H24F3N7O12P2S. The molecule has 2 aliphatic heterocycles. The van der Waals surface area contributed by atoms with Crippen molar-refractivity contribution in [3.63, 3.8) is 0 Å². The molecule has 0 saturated carbocycles. The molecule has 2 unspecified atom stereocenters. The van der Waals surface area contributed by atoms with Crippen LogP contribution in [0.25, 0.3) is 11.2 Å². The van der Waals surface area contributed by atoms with Crippen molar-refractivity contribution in [3.05, 3.63) is 28.7 Å². The summed E-state index contributed by atoms with van der Waals surface area (Å²) in [5, 5.41) is 26.0. The van der Waals surface area contributed by atoms with Crippen LogP contribution in [-0.2, 0) is 27.7 Å². The predicted octanol–water partition coefficient (Wildman–Crippen LogP) is -0.624. The molecule has 10 atom stereocenters. The maximum Gasteiger partial charge on any atom is 0.444 e. The van der Waals surface area contributed by atoms with Gasteiger partial charge >= 0.3 is 20.6 Å². The second kappa shape index (κ2) is 12.2. The number of nitrogens with two attached hydrogens (primary N) is 2. The van der Waals surface area contributed by atoms with E-state index < -0.39 is 88.7 Å². The number of aliphatic hydroxyl groups excluding tert-OH is 3. The van der Waals surface area contributed by atoms with Gasteiger partial charge in [-0.25, -0.2) is 24.3 Å². The lowest BCUT2D eigenvalue weighted by Crippen LogP contribution is -2.37. The molecule has 0 aliphatic carbocycles. The fraction of sp³-hybridized carbons (Fsp3) is 0.550. The summed E-state index contributed by atoms with van der Waals surface area (Å²) in [7, 11) is -13.1. The molecule has 5 heterocycles. The van der Waals surface area contributed by atoms with Crippen molar-refractivity contribution < 1.29 is 70.7 Å². The average molecular weight is 705 g/mol. The van der Waals surface area contributed by atoms with Gasteiger partial charge in [-0.1, -0.05) is 0 Å². The highest BCUT2D eigenvalue weighted by Crippen LogP contribution is 2.76. The molecule has 1 amide bonds. The zero-order chi connectivity index (χ0) is 33.1. The fourth-order valence-electron chi connectivity index (χ4n) is 4.51. The number of nitrogens with zero attached hydrogens (tertiary/aromatic N) is 5. The predicted molar refractivity (Wildman–Crippen MR) is 141 cm³/mol. The van der Waals surface area contributed by atoms with Crippen LogP contribution in [0.5, 0.6) is 0 Å². The molecule has 3 aromatic heterocycles. The maximum absolute atomic E-state index is 15.1. The fourth-order valence-corrected chi connectivity index (χ4v) is 8.21. The number of anilines is 1. The summed E-state index contributed by atoms with van der Waals surface area (Å²) in [4.78, 5) is 46.9. The third kappa shape index (κ3) is 5.88. The van der Waals surface area contributed by atoms with Crippen LogP contribution in [0.15, 0.2) is 18.0 Å². The van der Waals surface area contributed by atoms with Crippen molar-refractivity contribution in [1.82, 2.24) is 24.5 Å². The number of aromatic nitrogens is 5. The van der Waals surface area contributed by atoms with Crippen molar-refractivity contribution in [2.24, 2.45) is 5.73 Å². The summed E-state index contributed by atoms with van der Waals surface area (Å²) in [6.07, 6.45) is -13.3. The number of alkyl halides is 3. The van der Waals surface area contributed by atoms with Gasteiger partial charge in [-0.15, -0.1) is 11.3 Å². The Hall–Kier alpha value is -2.66. The molecule has 2 saturated heterocycles. The van der Waals surface area contributed by atoms with E-state index in [2.05, 4.69) is 29.0 Å². The van der Waals surface area contributed by atoms with E-state index >= 15 is 8.78 Å². The summed E-state index contributed by atoms with van der Waals surface area (Å²) in [6, 6.07) is 0.